The third-order valence-electron chi connectivity index (χ3n) is 3.12. The van der Waals surface area contributed by atoms with Crippen LogP contribution in [-0.2, 0) is 4.79 Å². The van der Waals surface area contributed by atoms with Crippen molar-refractivity contribution in [2.75, 3.05) is 0 Å². The molecule has 2 N–H and O–H groups in total. The maximum atomic E-state index is 10.6. The number of hydrogen-bond donors (Lipinski definition) is 2. The van der Waals surface area contributed by atoms with E-state index in [1.54, 1.807) is 0 Å². The molecule has 0 aliphatic heterocycles. The molecule has 0 bridgehead atoms. The van der Waals surface area contributed by atoms with E-state index in [9.17, 15) is 9.90 Å². The Labute approximate surface area is 78.8 Å². The first-order valence-corrected chi connectivity index (χ1v) is 4.99. The number of hydrogen-bond acceptors (Lipinski definition) is 2. The minimum Gasteiger partial charge on any atom is -0.481 e. The maximum Gasteiger partial charge on any atom is 0.306 e. The Hall–Kier alpha value is -0.570. The molecule has 0 heterocycles. The molecule has 0 aromatic rings. The molecular formula is C10H18O3. The van der Waals surface area contributed by atoms with Gasteiger partial charge in [-0.2, -0.15) is 0 Å². The lowest BCUT2D eigenvalue weighted by Crippen LogP contribution is -2.37. The van der Waals surface area contributed by atoms with Crippen LogP contribution in [0.1, 0.15) is 45.4 Å². The number of carbonyl (C=O) groups is 1. The van der Waals surface area contributed by atoms with E-state index in [1.807, 2.05) is 6.92 Å². The second-order valence-corrected chi connectivity index (χ2v) is 4.17. The monoisotopic (exact) mass is 186 g/mol. The van der Waals surface area contributed by atoms with Crippen molar-refractivity contribution in [2.24, 2.45) is 5.92 Å². The van der Waals surface area contributed by atoms with Crippen LogP contribution in [0.4, 0.5) is 0 Å². The topological polar surface area (TPSA) is 57.5 Å². The zero-order chi connectivity index (χ0) is 9.90. The molecule has 2 unspecified atom stereocenters. The van der Waals surface area contributed by atoms with Gasteiger partial charge >= 0.3 is 5.97 Å². The summed E-state index contributed by atoms with van der Waals surface area (Å²) in [5.74, 6) is -0.776. The van der Waals surface area contributed by atoms with Gasteiger partial charge in [-0.3, -0.25) is 4.79 Å². The predicted molar refractivity (Wildman–Crippen MR) is 49.5 cm³/mol. The average Bonchev–Trinajstić information content (AvgIpc) is 2.14. The Balaban J connectivity index is 2.64. The van der Waals surface area contributed by atoms with Gasteiger partial charge in [0.2, 0.25) is 0 Å². The second-order valence-electron chi connectivity index (χ2n) is 4.17. The summed E-state index contributed by atoms with van der Waals surface area (Å²) in [5.41, 5.74) is -0.956. The minimum atomic E-state index is -0.956. The van der Waals surface area contributed by atoms with E-state index in [1.165, 1.54) is 0 Å². The second kappa shape index (κ2) is 4.09. The summed E-state index contributed by atoms with van der Waals surface area (Å²) in [6.07, 6.45) is 4.67. The van der Waals surface area contributed by atoms with Crippen molar-refractivity contribution in [3.05, 3.63) is 0 Å². The first kappa shape index (κ1) is 10.5. The number of carboxylic acids is 1. The minimum absolute atomic E-state index is 0.103. The summed E-state index contributed by atoms with van der Waals surface area (Å²) >= 11 is 0. The van der Waals surface area contributed by atoms with Gasteiger partial charge in [0.25, 0.3) is 0 Å². The van der Waals surface area contributed by atoms with E-state index in [4.69, 9.17) is 5.11 Å². The zero-order valence-electron chi connectivity index (χ0n) is 8.12. The van der Waals surface area contributed by atoms with E-state index in [-0.39, 0.29) is 12.3 Å². The van der Waals surface area contributed by atoms with E-state index in [2.05, 4.69) is 0 Å². The molecule has 2 atom stereocenters. The standard InChI is InChI=1S/C10H18O3/c1-8-5-3-2-4-6-10(8,13)7-9(11)12/h8,13H,2-7H2,1H3,(H,11,12). The van der Waals surface area contributed by atoms with Crippen molar-refractivity contribution in [1.82, 2.24) is 0 Å². The van der Waals surface area contributed by atoms with Crippen LogP contribution in [0.3, 0.4) is 0 Å². The molecule has 76 valence electrons. The van der Waals surface area contributed by atoms with E-state index < -0.39 is 11.6 Å². The Morgan fingerprint density at radius 1 is 1.46 bits per heavy atom. The molecule has 3 nitrogen and oxygen atoms in total. The van der Waals surface area contributed by atoms with Crippen LogP contribution in [0.15, 0.2) is 0 Å². The van der Waals surface area contributed by atoms with Crippen LogP contribution >= 0.6 is 0 Å². The van der Waals surface area contributed by atoms with Gasteiger partial charge in [-0.25, -0.2) is 0 Å². The molecule has 0 aromatic heterocycles. The summed E-state index contributed by atoms with van der Waals surface area (Å²) < 4.78 is 0. The lowest BCUT2D eigenvalue weighted by Gasteiger charge is -2.31. The van der Waals surface area contributed by atoms with E-state index in [0.29, 0.717) is 6.42 Å². The summed E-state index contributed by atoms with van der Waals surface area (Å²) in [5, 5.41) is 18.8. The van der Waals surface area contributed by atoms with Crippen molar-refractivity contribution >= 4 is 5.97 Å². The largest absolute Gasteiger partial charge is 0.481 e. The van der Waals surface area contributed by atoms with Gasteiger partial charge in [-0.1, -0.05) is 26.2 Å². The highest BCUT2D eigenvalue weighted by molar-refractivity contribution is 5.68. The fourth-order valence-corrected chi connectivity index (χ4v) is 2.10. The van der Waals surface area contributed by atoms with E-state index in [0.717, 1.165) is 25.7 Å². The zero-order valence-corrected chi connectivity index (χ0v) is 8.12. The number of aliphatic hydroxyl groups is 1. The third-order valence-corrected chi connectivity index (χ3v) is 3.12. The summed E-state index contributed by atoms with van der Waals surface area (Å²) in [6.45, 7) is 1.95. The van der Waals surface area contributed by atoms with Gasteiger partial charge in [-0.05, 0) is 18.8 Å². The van der Waals surface area contributed by atoms with Gasteiger partial charge in [0.15, 0.2) is 0 Å². The smallest absolute Gasteiger partial charge is 0.306 e. The van der Waals surface area contributed by atoms with Crippen LogP contribution in [0.2, 0.25) is 0 Å². The highest BCUT2D eigenvalue weighted by Crippen LogP contribution is 2.34. The number of carboxylic acid groups (broad SMARTS) is 1. The number of aliphatic carboxylic acids is 1. The highest BCUT2D eigenvalue weighted by Gasteiger charge is 2.36. The molecule has 0 spiro atoms. The van der Waals surface area contributed by atoms with Crippen LogP contribution in [0.5, 0.6) is 0 Å². The van der Waals surface area contributed by atoms with Crippen LogP contribution < -0.4 is 0 Å². The van der Waals surface area contributed by atoms with Gasteiger partial charge < -0.3 is 10.2 Å². The molecule has 1 fully saturated rings. The van der Waals surface area contributed by atoms with Crippen LogP contribution in [0.25, 0.3) is 0 Å². The van der Waals surface area contributed by atoms with Crippen molar-refractivity contribution < 1.29 is 15.0 Å². The molecule has 0 amide bonds. The van der Waals surface area contributed by atoms with Gasteiger partial charge in [0, 0.05) is 0 Å². The molecule has 1 aliphatic rings. The Bertz CT molecular complexity index is 191. The first-order valence-electron chi connectivity index (χ1n) is 4.99. The fraction of sp³-hybridized carbons (Fsp3) is 0.900. The Morgan fingerprint density at radius 2 is 2.15 bits per heavy atom. The van der Waals surface area contributed by atoms with Gasteiger partial charge in [0.05, 0.1) is 12.0 Å². The number of rotatable bonds is 2. The van der Waals surface area contributed by atoms with Crippen molar-refractivity contribution in [3.63, 3.8) is 0 Å². The highest BCUT2D eigenvalue weighted by atomic mass is 16.4. The molecule has 1 saturated carbocycles. The summed E-state index contributed by atoms with van der Waals surface area (Å²) in [7, 11) is 0. The molecule has 0 saturated heterocycles. The average molecular weight is 186 g/mol. The normalized spacial score (nSPS) is 35.4. The maximum absolute atomic E-state index is 10.6. The van der Waals surface area contributed by atoms with E-state index >= 15 is 0 Å². The summed E-state index contributed by atoms with van der Waals surface area (Å²) in [6, 6.07) is 0. The quantitative estimate of drug-likeness (QED) is 0.646. The van der Waals surface area contributed by atoms with Gasteiger partial charge in [-0.15, -0.1) is 0 Å². The van der Waals surface area contributed by atoms with Gasteiger partial charge in [0.1, 0.15) is 0 Å². The lowest BCUT2D eigenvalue weighted by atomic mass is 9.82. The summed E-state index contributed by atoms with van der Waals surface area (Å²) in [4.78, 5) is 10.6. The molecule has 0 radical (unpaired) electrons. The fourth-order valence-electron chi connectivity index (χ4n) is 2.10. The van der Waals surface area contributed by atoms with Crippen LogP contribution in [0, 0.1) is 5.92 Å². The predicted octanol–water partition coefficient (Wildman–Crippen LogP) is 1.79. The first-order chi connectivity index (χ1) is 6.04. The SMILES string of the molecule is CC1CCCCCC1(O)CC(=O)O. The van der Waals surface area contributed by atoms with Crippen molar-refractivity contribution in [3.8, 4) is 0 Å². The molecule has 0 aromatic carbocycles. The molecule has 1 aliphatic carbocycles. The lowest BCUT2D eigenvalue weighted by molar-refractivity contribution is -0.145. The van der Waals surface area contributed by atoms with Crippen LogP contribution in [-0.4, -0.2) is 21.8 Å². The molecule has 3 heteroatoms. The third kappa shape index (κ3) is 2.69. The molecule has 1 rings (SSSR count). The van der Waals surface area contributed by atoms with Crippen molar-refractivity contribution in [1.29, 1.82) is 0 Å². The Kier molecular flexibility index (Phi) is 3.31. The molecular weight excluding hydrogens is 168 g/mol. The molecule has 13 heavy (non-hydrogen) atoms. The van der Waals surface area contributed by atoms with Crippen molar-refractivity contribution in [2.45, 2.75) is 51.0 Å². The Morgan fingerprint density at radius 3 is 2.77 bits per heavy atom.